The number of hydrogen-bond acceptors (Lipinski definition) is 4. The molecule has 0 saturated carbocycles. The van der Waals surface area contributed by atoms with Crippen molar-refractivity contribution in [2.24, 2.45) is 0 Å². The lowest BCUT2D eigenvalue weighted by atomic mass is 10.1. The van der Waals surface area contributed by atoms with Gasteiger partial charge >= 0.3 is 0 Å². The van der Waals surface area contributed by atoms with Crippen molar-refractivity contribution >= 4 is 5.91 Å². The highest BCUT2D eigenvalue weighted by Crippen LogP contribution is 2.09. The molecule has 0 aliphatic carbocycles. The summed E-state index contributed by atoms with van der Waals surface area (Å²) < 4.78 is 1.86. The minimum Gasteiger partial charge on any atom is -0.355 e. The van der Waals surface area contributed by atoms with Gasteiger partial charge in [-0.05, 0) is 50.6 Å². The summed E-state index contributed by atoms with van der Waals surface area (Å²) in [5.41, 5.74) is 2.17. The predicted molar refractivity (Wildman–Crippen MR) is 98.8 cm³/mol. The number of carbonyl (C=O) groups excluding carboxylic acids is 1. The molecule has 2 heterocycles. The van der Waals surface area contributed by atoms with Crippen molar-refractivity contribution in [3.8, 4) is 5.69 Å². The fourth-order valence-corrected chi connectivity index (χ4v) is 3.25. The third kappa shape index (κ3) is 5.14. The number of piperidine rings is 1. The minimum atomic E-state index is 0.104. The molecule has 1 aromatic heterocycles. The van der Waals surface area contributed by atoms with Gasteiger partial charge in [0, 0.05) is 25.3 Å². The SMILES string of the molecule is CNC1CCCN(CC(=O)NCCc2cnn(-c3ccccc3)c2)C1. The van der Waals surface area contributed by atoms with Crippen molar-refractivity contribution < 1.29 is 4.79 Å². The second-order valence-electron chi connectivity index (χ2n) is 6.59. The summed E-state index contributed by atoms with van der Waals surface area (Å²) in [6.07, 6.45) is 7.01. The number of carbonyl (C=O) groups is 1. The van der Waals surface area contributed by atoms with Crippen LogP contribution in [0.15, 0.2) is 42.7 Å². The largest absolute Gasteiger partial charge is 0.355 e. The van der Waals surface area contributed by atoms with E-state index < -0.39 is 0 Å². The molecule has 1 fully saturated rings. The second-order valence-corrected chi connectivity index (χ2v) is 6.59. The van der Waals surface area contributed by atoms with E-state index >= 15 is 0 Å². The number of benzene rings is 1. The molecule has 0 spiro atoms. The van der Waals surface area contributed by atoms with Crippen LogP contribution in [0.25, 0.3) is 5.69 Å². The van der Waals surface area contributed by atoms with Crippen molar-refractivity contribution in [2.45, 2.75) is 25.3 Å². The lowest BCUT2D eigenvalue weighted by Crippen LogP contribution is -2.48. The zero-order valence-electron chi connectivity index (χ0n) is 14.8. The number of likely N-dealkylation sites (tertiary alicyclic amines) is 1. The Hall–Kier alpha value is -2.18. The van der Waals surface area contributed by atoms with E-state index in [9.17, 15) is 4.79 Å². The van der Waals surface area contributed by atoms with E-state index in [0.717, 1.165) is 37.2 Å². The first-order valence-electron chi connectivity index (χ1n) is 9.00. The molecule has 1 unspecified atom stereocenters. The Morgan fingerprint density at radius 1 is 1.32 bits per heavy atom. The van der Waals surface area contributed by atoms with E-state index in [0.29, 0.717) is 19.1 Å². The standard InChI is InChI=1S/C19H27N5O/c1-20-17-6-5-11-23(14-17)15-19(25)21-10-9-16-12-22-24(13-16)18-7-3-2-4-8-18/h2-4,7-8,12-13,17,20H,5-6,9-11,14-15H2,1H3,(H,21,25). The van der Waals surface area contributed by atoms with Crippen LogP contribution in [-0.4, -0.2) is 59.9 Å². The summed E-state index contributed by atoms with van der Waals surface area (Å²) >= 11 is 0. The van der Waals surface area contributed by atoms with Crippen LogP contribution in [-0.2, 0) is 11.2 Å². The van der Waals surface area contributed by atoms with Crippen LogP contribution in [0.1, 0.15) is 18.4 Å². The van der Waals surface area contributed by atoms with Crippen LogP contribution < -0.4 is 10.6 Å². The van der Waals surface area contributed by atoms with E-state index in [4.69, 9.17) is 0 Å². The summed E-state index contributed by atoms with van der Waals surface area (Å²) in [7, 11) is 1.99. The number of likely N-dealkylation sites (N-methyl/N-ethyl adjacent to an activating group) is 1. The van der Waals surface area contributed by atoms with Crippen molar-refractivity contribution in [1.82, 2.24) is 25.3 Å². The van der Waals surface area contributed by atoms with Gasteiger partial charge in [-0.3, -0.25) is 9.69 Å². The van der Waals surface area contributed by atoms with Gasteiger partial charge in [0.05, 0.1) is 18.4 Å². The van der Waals surface area contributed by atoms with E-state index in [1.165, 1.54) is 6.42 Å². The fraction of sp³-hybridized carbons (Fsp3) is 0.474. The van der Waals surface area contributed by atoms with Gasteiger partial charge in [-0.2, -0.15) is 5.10 Å². The quantitative estimate of drug-likeness (QED) is 0.795. The normalized spacial score (nSPS) is 18.2. The van der Waals surface area contributed by atoms with Crippen LogP contribution in [0.2, 0.25) is 0 Å². The lowest BCUT2D eigenvalue weighted by molar-refractivity contribution is -0.122. The number of rotatable bonds is 7. The van der Waals surface area contributed by atoms with Crippen LogP contribution in [0.3, 0.4) is 0 Å². The van der Waals surface area contributed by atoms with E-state index in [2.05, 4.69) is 20.6 Å². The molecule has 1 aliphatic heterocycles. The molecule has 2 aromatic rings. The Morgan fingerprint density at radius 3 is 2.96 bits per heavy atom. The van der Waals surface area contributed by atoms with Crippen LogP contribution >= 0.6 is 0 Å². The first-order valence-corrected chi connectivity index (χ1v) is 9.00. The Balaban J connectivity index is 1.41. The third-order valence-electron chi connectivity index (χ3n) is 4.67. The first-order chi connectivity index (χ1) is 12.2. The number of para-hydroxylation sites is 1. The number of nitrogens with zero attached hydrogens (tertiary/aromatic N) is 3. The number of aromatic nitrogens is 2. The third-order valence-corrected chi connectivity index (χ3v) is 4.67. The van der Waals surface area contributed by atoms with Gasteiger partial charge in [0.1, 0.15) is 0 Å². The smallest absolute Gasteiger partial charge is 0.234 e. The Labute approximate surface area is 149 Å². The molecule has 0 radical (unpaired) electrons. The topological polar surface area (TPSA) is 62.2 Å². The minimum absolute atomic E-state index is 0.104. The molecule has 2 N–H and O–H groups in total. The number of amides is 1. The van der Waals surface area contributed by atoms with Crippen molar-refractivity contribution in [3.63, 3.8) is 0 Å². The Morgan fingerprint density at radius 2 is 2.16 bits per heavy atom. The molecule has 6 heteroatoms. The van der Waals surface area contributed by atoms with Gasteiger partial charge in [-0.15, -0.1) is 0 Å². The molecule has 6 nitrogen and oxygen atoms in total. The highest BCUT2D eigenvalue weighted by Gasteiger charge is 2.19. The van der Waals surface area contributed by atoms with Gasteiger partial charge in [0.15, 0.2) is 0 Å². The summed E-state index contributed by atoms with van der Waals surface area (Å²) in [5, 5.41) is 10.7. The molecule has 1 amide bonds. The lowest BCUT2D eigenvalue weighted by Gasteiger charge is -2.31. The molecule has 25 heavy (non-hydrogen) atoms. The number of nitrogens with one attached hydrogen (secondary N) is 2. The highest BCUT2D eigenvalue weighted by molar-refractivity contribution is 5.78. The van der Waals surface area contributed by atoms with Gasteiger partial charge in [0.2, 0.25) is 5.91 Å². The Bertz CT molecular complexity index is 669. The second kappa shape index (κ2) is 8.78. The molecular weight excluding hydrogens is 314 g/mol. The monoisotopic (exact) mass is 341 g/mol. The molecule has 1 aliphatic rings. The molecule has 1 aromatic carbocycles. The average Bonchev–Trinajstić information content (AvgIpc) is 3.11. The average molecular weight is 341 g/mol. The molecular formula is C19H27N5O. The first kappa shape index (κ1) is 17.6. The van der Waals surface area contributed by atoms with Crippen LogP contribution in [0.5, 0.6) is 0 Å². The Kier molecular flexibility index (Phi) is 6.19. The van der Waals surface area contributed by atoms with Crippen LogP contribution in [0, 0.1) is 0 Å². The highest BCUT2D eigenvalue weighted by atomic mass is 16.2. The van der Waals surface area contributed by atoms with E-state index in [1.807, 2.05) is 54.5 Å². The van der Waals surface area contributed by atoms with E-state index in [-0.39, 0.29) is 5.91 Å². The van der Waals surface area contributed by atoms with E-state index in [1.54, 1.807) is 0 Å². The zero-order chi connectivity index (χ0) is 17.5. The maximum absolute atomic E-state index is 12.1. The molecule has 1 saturated heterocycles. The van der Waals surface area contributed by atoms with Gasteiger partial charge in [-0.1, -0.05) is 18.2 Å². The van der Waals surface area contributed by atoms with Crippen molar-refractivity contribution in [1.29, 1.82) is 0 Å². The van der Waals surface area contributed by atoms with Gasteiger partial charge < -0.3 is 10.6 Å². The summed E-state index contributed by atoms with van der Waals surface area (Å²) in [5.74, 6) is 0.104. The molecule has 134 valence electrons. The van der Waals surface area contributed by atoms with Gasteiger partial charge in [0.25, 0.3) is 0 Å². The fourth-order valence-electron chi connectivity index (χ4n) is 3.25. The maximum atomic E-state index is 12.1. The van der Waals surface area contributed by atoms with Crippen molar-refractivity contribution in [3.05, 3.63) is 48.3 Å². The maximum Gasteiger partial charge on any atom is 0.234 e. The summed E-state index contributed by atoms with van der Waals surface area (Å²) in [4.78, 5) is 14.4. The summed E-state index contributed by atoms with van der Waals surface area (Å²) in [6, 6.07) is 10.5. The molecule has 1 atom stereocenters. The molecule has 0 bridgehead atoms. The van der Waals surface area contributed by atoms with Gasteiger partial charge in [-0.25, -0.2) is 4.68 Å². The van der Waals surface area contributed by atoms with Crippen molar-refractivity contribution in [2.75, 3.05) is 33.2 Å². The summed E-state index contributed by atoms with van der Waals surface area (Å²) in [6.45, 7) is 3.09. The predicted octanol–water partition coefficient (Wildman–Crippen LogP) is 1.21. The van der Waals surface area contributed by atoms with Crippen LogP contribution in [0.4, 0.5) is 0 Å². The molecule has 3 rings (SSSR count). The number of hydrogen-bond donors (Lipinski definition) is 2. The zero-order valence-corrected chi connectivity index (χ0v) is 14.8.